The molecule has 0 aliphatic rings. The number of carbonyl (C=O) groups is 2. The van der Waals surface area contributed by atoms with E-state index in [1.54, 1.807) is 18.2 Å². The fourth-order valence-electron chi connectivity index (χ4n) is 2.50. The summed E-state index contributed by atoms with van der Waals surface area (Å²) in [4.78, 5) is 24.6. The van der Waals surface area contributed by atoms with Crippen LogP contribution in [0.25, 0.3) is 0 Å². The molecule has 6 heteroatoms. The van der Waals surface area contributed by atoms with Crippen LogP contribution in [-0.4, -0.2) is 28.9 Å². The number of rotatable bonds is 7. The molecule has 138 valence electrons. The zero-order valence-corrected chi connectivity index (χ0v) is 16.0. The number of aryl methyl sites for hydroxylation is 1. The fraction of sp³-hybridized carbons (Fsp3) is 0.300. The molecule has 1 amide bonds. The first-order valence-corrected chi connectivity index (χ1v) is 9.96. The van der Waals surface area contributed by atoms with Gasteiger partial charge in [0.1, 0.15) is 0 Å². The predicted molar refractivity (Wildman–Crippen MR) is 101 cm³/mol. The largest absolute Gasteiger partial charge is 0.452 e. The van der Waals surface area contributed by atoms with Crippen LogP contribution in [0.4, 0.5) is 0 Å². The lowest BCUT2D eigenvalue weighted by molar-refractivity contribution is -0.124. The van der Waals surface area contributed by atoms with E-state index in [1.165, 1.54) is 17.9 Å². The maximum atomic E-state index is 12.2. The summed E-state index contributed by atoms with van der Waals surface area (Å²) in [7, 11) is -1.31. The lowest BCUT2D eigenvalue weighted by Gasteiger charge is -2.15. The van der Waals surface area contributed by atoms with Gasteiger partial charge < -0.3 is 10.1 Å². The van der Waals surface area contributed by atoms with Gasteiger partial charge in [-0.15, -0.1) is 0 Å². The molecule has 1 N–H and O–H groups in total. The minimum Gasteiger partial charge on any atom is -0.452 e. The maximum absolute atomic E-state index is 12.2. The zero-order chi connectivity index (χ0) is 19.1. The van der Waals surface area contributed by atoms with Crippen molar-refractivity contribution in [3.8, 4) is 0 Å². The molecule has 0 aliphatic heterocycles. The van der Waals surface area contributed by atoms with E-state index in [0.29, 0.717) is 4.90 Å². The summed E-state index contributed by atoms with van der Waals surface area (Å²) in [6, 6.07) is 14.3. The standard InChI is InChI=1S/C20H23NO4S/c1-4-15-9-11-16(12-10-15)14(2)21-19(22)13-25-20(23)17-7-5-6-8-18(17)26(3)24/h5-12,14H,4,13H2,1-3H3,(H,21,22)/t14-,26-/m0/s1. The van der Waals surface area contributed by atoms with Gasteiger partial charge in [0.2, 0.25) is 0 Å². The van der Waals surface area contributed by atoms with Gasteiger partial charge in [-0.1, -0.05) is 43.3 Å². The molecule has 0 unspecified atom stereocenters. The van der Waals surface area contributed by atoms with Gasteiger partial charge >= 0.3 is 5.97 Å². The number of amides is 1. The molecular weight excluding hydrogens is 350 g/mol. The van der Waals surface area contributed by atoms with Crippen LogP contribution < -0.4 is 5.32 Å². The number of hydrogen-bond donors (Lipinski definition) is 1. The molecule has 2 rings (SSSR count). The quantitative estimate of drug-likeness (QED) is 0.757. The van der Waals surface area contributed by atoms with Crippen molar-refractivity contribution in [3.63, 3.8) is 0 Å². The highest BCUT2D eigenvalue weighted by Crippen LogP contribution is 2.15. The normalized spacial score (nSPS) is 12.9. The zero-order valence-electron chi connectivity index (χ0n) is 15.2. The van der Waals surface area contributed by atoms with Crippen molar-refractivity contribution < 1.29 is 18.5 Å². The Morgan fingerprint density at radius 2 is 1.77 bits per heavy atom. The smallest absolute Gasteiger partial charge is 0.339 e. The van der Waals surface area contributed by atoms with E-state index in [9.17, 15) is 13.8 Å². The van der Waals surface area contributed by atoms with Crippen LogP contribution >= 0.6 is 0 Å². The summed E-state index contributed by atoms with van der Waals surface area (Å²) in [5.41, 5.74) is 2.42. The molecule has 0 aliphatic carbocycles. The van der Waals surface area contributed by atoms with E-state index in [1.807, 2.05) is 31.2 Å². The molecule has 5 nitrogen and oxygen atoms in total. The van der Waals surface area contributed by atoms with Crippen molar-refractivity contribution in [1.82, 2.24) is 5.32 Å². The highest BCUT2D eigenvalue weighted by molar-refractivity contribution is 7.84. The minimum atomic E-state index is -1.31. The summed E-state index contributed by atoms with van der Waals surface area (Å²) in [5.74, 6) is -1.05. The van der Waals surface area contributed by atoms with Crippen LogP contribution in [-0.2, 0) is 26.8 Å². The molecule has 0 saturated heterocycles. The molecule has 0 radical (unpaired) electrons. The molecule has 2 aromatic rings. The van der Waals surface area contributed by atoms with Gasteiger partial charge in [-0.25, -0.2) is 4.79 Å². The van der Waals surface area contributed by atoms with Crippen LogP contribution in [0.15, 0.2) is 53.4 Å². The third-order valence-electron chi connectivity index (χ3n) is 4.02. The minimum absolute atomic E-state index is 0.192. The Balaban J connectivity index is 1.92. The van der Waals surface area contributed by atoms with Crippen LogP contribution in [0.1, 0.15) is 41.4 Å². The highest BCUT2D eigenvalue weighted by atomic mass is 32.2. The van der Waals surface area contributed by atoms with Crippen LogP contribution in [0.5, 0.6) is 0 Å². The topological polar surface area (TPSA) is 72.5 Å². The van der Waals surface area contributed by atoms with Gasteiger partial charge in [0.15, 0.2) is 6.61 Å². The van der Waals surface area contributed by atoms with Crippen molar-refractivity contribution in [3.05, 3.63) is 65.2 Å². The van der Waals surface area contributed by atoms with E-state index in [4.69, 9.17) is 4.74 Å². The van der Waals surface area contributed by atoms with Gasteiger partial charge in [-0.05, 0) is 36.6 Å². The Morgan fingerprint density at radius 3 is 2.38 bits per heavy atom. The second-order valence-electron chi connectivity index (χ2n) is 5.91. The van der Waals surface area contributed by atoms with Crippen molar-refractivity contribution in [2.24, 2.45) is 0 Å². The first-order chi connectivity index (χ1) is 12.4. The number of benzene rings is 2. The third-order valence-corrected chi connectivity index (χ3v) is 4.99. The highest BCUT2D eigenvalue weighted by Gasteiger charge is 2.17. The summed E-state index contributed by atoms with van der Waals surface area (Å²) in [5, 5.41) is 2.80. The number of ether oxygens (including phenoxy) is 1. The predicted octanol–water partition coefficient (Wildman–Crippen LogP) is 3.02. The Morgan fingerprint density at radius 1 is 1.12 bits per heavy atom. The number of nitrogens with one attached hydrogen (secondary N) is 1. The summed E-state index contributed by atoms with van der Waals surface area (Å²) < 4.78 is 16.7. The lowest BCUT2D eigenvalue weighted by atomic mass is 10.1. The Labute approximate surface area is 156 Å². The van der Waals surface area contributed by atoms with Crippen LogP contribution in [0.3, 0.4) is 0 Å². The second kappa shape index (κ2) is 9.29. The Bertz CT molecular complexity index is 802. The van der Waals surface area contributed by atoms with Crippen molar-refractivity contribution in [1.29, 1.82) is 0 Å². The van der Waals surface area contributed by atoms with Gasteiger partial charge in [0.05, 0.1) is 27.3 Å². The van der Waals surface area contributed by atoms with E-state index >= 15 is 0 Å². The number of carbonyl (C=O) groups excluding carboxylic acids is 2. The molecule has 0 bridgehead atoms. The van der Waals surface area contributed by atoms with Crippen LogP contribution in [0, 0.1) is 0 Å². The molecule has 26 heavy (non-hydrogen) atoms. The average Bonchev–Trinajstić information content (AvgIpc) is 2.66. The van der Waals surface area contributed by atoms with Crippen molar-refractivity contribution in [2.75, 3.05) is 12.9 Å². The molecule has 0 spiro atoms. The third kappa shape index (κ3) is 5.26. The average molecular weight is 373 g/mol. The molecule has 0 saturated carbocycles. The fourth-order valence-corrected chi connectivity index (χ4v) is 3.23. The van der Waals surface area contributed by atoms with Gasteiger partial charge in [-0.3, -0.25) is 9.00 Å². The number of hydrogen-bond acceptors (Lipinski definition) is 4. The number of esters is 1. The van der Waals surface area contributed by atoms with Gasteiger partial charge in [-0.2, -0.15) is 0 Å². The van der Waals surface area contributed by atoms with Gasteiger partial charge in [0.25, 0.3) is 5.91 Å². The molecule has 2 atom stereocenters. The molecule has 2 aromatic carbocycles. The van der Waals surface area contributed by atoms with Crippen molar-refractivity contribution in [2.45, 2.75) is 31.2 Å². The van der Waals surface area contributed by atoms with E-state index in [0.717, 1.165) is 12.0 Å². The SMILES string of the molecule is CCc1ccc([C@H](C)NC(=O)COC(=O)c2ccccc2[S@](C)=O)cc1. The first kappa shape index (κ1) is 19.8. The van der Waals surface area contributed by atoms with Crippen molar-refractivity contribution >= 4 is 22.7 Å². The summed E-state index contributed by atoms with van der Waals surface area (Å²) >= 11 is 0. The molecular formula is C20H23NO4S. The summed E-state index contributed by atoms with van der Waals surface area (Å²) in [6.45, 7) is 3.57. The van der Waals surface area contributed by atoms with E-state index in [2.05, 4.69) is 12.2 Å². The van der Waals surface area contributed by atoms with E-state index < -0.39 is 16.8 Å². The molecule has 0 heterocycles. The maximum Gasteiger partial charge on any atom is 0.339 e. The monoisotopic (exact) mass is 373 g/mol. The Hall–Kier alpha value is -2.47. The Kier molecular flexibility index (Phi) is 7.09. The van der Waals surface area contributed by atoms with E-state index in [-0.39, 0.29) is 24.1 Å². The molecule has 0 aromatic heterocycles. The second-order valence-corrected chi connectivity index (χ2v) is 7.26. The molecule has 0 fully saturated rings. The van der Waals surface area contributed by atoms with Gasteiger partial charge in [0, 0.05) is 6.26 Å². The van der Waals surface area contributed by atoms with Crippen LogP contribution in [0.2, 0.25) is 0 Å². The lowest BCUT2D eigenvalue weighted by Crippen LogP contribution is -2.31. The summed E-state index contributed by atoms with van der Waals surface area (Å²) in [6.07, 6.45) is 2.45. The first-order valence-electron chi connectivity index (χ1n) is 8.40.